The number of rotatable bonds is 14. The van der Waals surface area contributed by atoms with Crippen molar-refractivity contribution in [2.75, 3.05) is 13.1 Å². The summed E-state index contributed by atoms with van der Waals surface area (Å²) >= 11 is 0. The fourth-order valence-corrected chi connectivity index (χ4v) is 5.27. The van der Waals surface area contributed by atoms with Crippen LogP contribution in [0.4, 0.5) is 5.69 Å². The SMILES string of the molecule is [C-]#[N+]c1ccc(S(=O)(=O)NCCCCCCCCCNS(=O)(=O)c2ccc(C#N)cc2)cc1. The Hall–Kier alpha value is -2.76. The third-order valence-electron chi connectivity index (χ3n) is 5.01. The van der Waals surface area contributed by atoms with Gasteiger partial charge >= 0.3 is 0 Å². The van der Waals surface area contributed by atoms with E-state index in [1.807, 2.05) is 6.07 Å². The first-order valence-electron chi connectivity index (χ1n) is 10.8. The molecule has 0 bridgehead atoms. The van der Waals surface area contributed by atoms with Crippen LogP contribution in [0.1, 0.15) is 50.5 Å². The third-order valence-corrected chi connectivity index (χ3v) is 7.96. The van der Waals surface area contributed by atoms with Crippen LogP contribution in [0.15, 0.2) is 58.3 Å². The van der Waals surface area contributed by atoms with Crippen molar-refractivity contribution in [3.8, 4) is 6.07 Å². The lowest BCUT2D eigenvalue weighted by molar-refractivity contribution is 0.554. The maximum atomic E-state index is 12.2. The monoisotopic (exact) mass is 488 g/mol. The number of nitrogens with zero attached hydrogens (tertiary/aromatic N) is 2. The van der Waals surface area contributed by atoms with Gasteiger partial charge in [0.15, 0.2) is 5.69 Å². The molecular formula is C23H28N4O4S2. The van der Waals surface area contributed by atoms with Crippen LogP contribution >= 0.6 is 0 Å². The van der Waals surface area contributed by atoms with Crippen LogP contribution in [-0.2, 0) is 20.0 Å². The molecule has 0 radical (unpaired) electrons. The van der Waals surface area contributed by atoms with Crippen molar-refractivity contribution in [2.45, 2.75) is 54.7 Å². The molecule has 10 heteroatoms. The van der Waals surface area contributed by atoms with Gasteiger partial charge in [-0.25, -0.2) is 31.1 Å². The van der Waals surface area contributed by atoms with Crippen molar-refractivity contribution in [2.24, 2.45) is 0 Å². The highest BCUT2D eigenvalue weighted by Crippen LogP contribution is 2.16. The van der Waals surface area contributed by atoms with Crippen molar-refractivity contribution < 1.29 is 16.8 Å². The molecule has 176 valence electrons. The Kier molecular flexibility index (Phi) is 10.5. The summed E-state index contributed by atoms with van der Waals surface area (Å²) in [6.45, 7) is 7.63. The summed E-state index contributed by atoms with van der Waals surface area (Å²) < 4.78 is 54.0. The minimum absolute atomic E-state index is 0.150. The minimum atomic E-state index is -3.56. The van der Waals surface area contributed by atoms with Crippen molar-refractivity contribution in [3.05, 3.63) is 65.5 Å². The second-order valence-electron chi connectivity index (χ2n) is 7.51. The third kappa shape index (κ3) is 8.95. The lowest BCUT2D eigenvalue weighted by Gasteiger charge is -2.08. The van der Waals surface area contributed by atoms with Gasteiger partial charge in [0.05, 0.1) is 28.0 Å². The number of nitrogens with one attached hydrogen (secondary N) is 2. The van der Waals surface area contributed by atoms with Crippen molar-refractivity contribution in [1.29, 1.82) is 5.26 Å². The highest BCUT2D eigenvalue weighted by Gasteiger charge is 2.13. The van der Waals surface area contributed by atoms with Crippen LogP contribution in [0.5, 0.6) is 0 Å². The largest absolute Gasteiger partial charge is 0.240 e. The lowest BCUT2D eigenvalue weighted by atomic mass is 10.1. The van der Waals surface area contributed by atoms with Crippen molar-refractivity contribution >= 4 is 25.7 Å². The summed E-state index contributed by atoms with van der Waals surface area (Å²) in [5, 5.41) is 8.78. The molecule has 33 heavy (non-hydrogen) atoms. The number of nitriles is 1. The molecule has 0 atom stereocenters. The Morgan fingerprint density at radius 1 is 0.697 bits per heavy atom. The van der Waals surface area contributed by atoms with E-state index in [1.54, 1.807) is 0 Å². The molecule has 0 amide bonds. The summed E-state index contributed by atoms with van der Waals surface area (Å²) in [7, 11) is -7.11. The zero-order valence-corrected chi connectivity index (χ0v) is 20.0. The van der Waals surface area contributed by atoms with Gasteiger partial charge in [-0.05, 0) is 37.1 Å². The number of hydrogen-bond acceptors (Lipinski definition) is 5. The van der Waals surface area contributed by atoms with E-state index in [-0.39, 0.29) is 9.79 Å². The van der Waals surface area contributed by atoms with Gasteiger partial charge in [0.1, 0.15) is 0 Å². The minimum Gasteiger partial charge on any atom is -0.238 e. The second kappa shape index (κ2) is 13.1. The molecule has 0 unspecified atom stereocenters. The first-order valence-corrected chi connectivity index (χ1v) is 13.7. The quantitative estimate of drug-likeness (QED) is 0.306. The van der Waals surface area contributed by atoms with Crippen molar-refractivity contribution in [1.82, 2.24) is 9.44 Å². The molecule has 0 aliphatic carbocycles. The van der Waals surface area contributed by atoms with Crippen LogP contribution in [0.3, 0.4) is 0 Å². The summed E-state index contributed by atoms with van der Waals surface area (Å²) in [6, 6.07) is 13.6. The average molecular weight is 489 g/mol. The molecular weight excluding hydrogens is 460 g/mol. The number of benzene rings is 2. The molecule has 0 aliphatic heterocycles. The molecule has 0 saturated heterocycles. The van der Waals surface area contributed by atoms with E-state index in [4.69, 9.17) is 11.8 Å². The maximum Gasteiger partial charge on any atom is 0.240 e. The molecule has 2 aromatic carbocycles. The van der Waals surface area contributed by atoms with Crippen LogP contribution in [-0.4, -0.2) is 29.9 Å². The van der Waals surface area contributed by atoms with E-state index in [0.29, 0.717) is 24.3 Å². The Morgan fingerprint density at radius 2 is 1.09 bits per heavy atom. The Balaban J connectivity index is 1.53. The van der Waals surface area contributed by atoms with Gasteiger partial charge in [-0.15, -0.1) is 0 Å². The normalized spacial score (nSPS) is 11.6. The van der Waals surface area contributed by atoms with E-state index >= 15 is 0 Å². The standard InChI is InChI=1S/C23H28N4O4S2/c1-25-21-11-15-23(16-12-21)33(30,31)27-18-8-6-4-2-3-5-7-17-26-32(28,29)22-13-9-20(19-24)10-14-22/h9-16,26-27H,2-8,17-18H2. The van der Waals surface area contributed by atoms with E-state index in [2.05, 4.69) is 14.3 Å². The van der Waals surface area contributed by atoms with Gasteiger partial charge in [0, 0.05) is 13.1 Å². The van der Waals surface area contributed by atoms with E-state index < -0.39 is 20.0 Å². The van der Waals surface area contributed by atoms with Crippen LogP contribution in [0.2, 0.25) is 0 Å². The molecule has 0 fully saturated rings. The molecule has 2 rings (SSSR count). The first-order chi connectivity index (χ1) is 15.8. The Morgan fingerprint density at radius 3 is 1.48 bits per heavy atom. The van der Waals surface area contributed by atoms with E-state index in [9.17, 15) is 16.8 Å². The fraction of sp³-hybridized carbons (Fsp3) is 0.391. The average Bonchev–Trinajstić information content (AvgIpc) is 2.82. The summed E-state index contributed by atoms with van der Waals surface area (Å²) in [4.78, 5) is 3.55. The first kappa shape index (κ1) is 26.5. The zero-order chi connectivity index (χ0) is 24.2. The summed E-state index contributed by atoms with van der Waals surface area (Å²) in [5.41, 5.74) is 0.816. The summed E-state index contributed by atoms with van der Waals surface area (Å²) in [5.74, 6) is 0. The van der Waals surface area contributed by atoms with Crippen LogP contribution in [0.25, 0.3) is 4.85 Å². The van der Waals surface area contributed by atoms with E-state index in [0.717, 1.165) is 44.9 Å². The predicted molar refractivity (Wildman–Crippen MR) is 127 cm³/mol. The fourth-order valence-electron chi connectivity index (χ4n) is 3.12. The number of sulfonamides is 2. The maximum absolute atomic E-state index is 12.2. The molecule has 0 aromatic heterocycles. The van der Waals surface area contributed by atoms with Gasteiger partial charge in [-0.1, -0.05) is 56.4 Å². The Labute approximate surface area is 196 Å². The molecule has 2 N–H and O–H groups in total. The van der Waals surface area contributed by atoms with Crippen LogP contribution in [0, 0.1) is 17.9 Å². The van der Waals surface area contributed by atoms with E-state index in [1.165, 1.54) is 48.5 Å². The van der Waals surface area contributed by atoms with Gasteiger partial charge in [-0.3, -0.25) is 0 Å². The van der Waals surface area contributed by atoms with Gasteiger partial charge in [-0.2, -0.15) is 5.26 Å². The van der Waals surface area contributed by atoms with Crippen LogP contribution < -0.4 is 9.44 Å². The highest BCUT2D eigenvalue weighted by molar-refractivity contribution is 7.89. The number of hydrogen-bond donors (Lipinski definition) is 2. The van der Waals surface area contributed by atoms with Gasteiger partial charge in [0.2, 0.25) is 20.0 Å². The molecule has 2 aromatic rings. The zero-order valence-electron chi connectivity index (χ0n) is 18.3. The van der Waals surface area contributed by atoms with Gasteiger partial charge < -0.3 is 0 Å². The molecule has 0 spiro atoms. The topological polar surface area (TPSA) is 120 Å². The second-order valence-corrected chi connectivity index (χ2v) is 11.0. The summed E-state index contributed by atoms with van der Waals surface area (Å²) in [6.07, 6.45) is 6.27. The predicted octanol–water partition coefficient (Wildman–Crippen LogP) is 4.10. The molecule has 0 heterocycles. The molecule has 8 nitrogen and oxygen atoms in total. The highest BCUT2D eigenvalue weighted by atomic mass is 32.2. The van der Waals surface area contributed by atoms with Crippen molar-refractivity contribution in [3.63, 3.8) is 0 Å². The number of unbranched alkanes of at least 4 members (excludes halogenated alkanes) is 6. The van der Waals surface area contributed by atoms with Gasteiger partial charge in [0.25, 0.3) is 0 Å². The lowest BCUT2D eigenvalue weighted by Crippen LogP contribution is -2.24. The molecule has 0 saturated carbocycles. The Bertz CT molecular complexity index is 1080. The smallest absolute Gasteiger partial charge is 0.238 e. The molecule has 0 aliphatic rings.